The Morgan fingerprint density at radius 2 is 2.00 bits per heavy atom. The highest BCUT2D eigenvalue weighted by atomic mass is 14.9. The Bertz CT molecular complexity index is 368. The molecule has 0 saturated heterocycles. The molecule has 98 valence electrons. The molecule has 1 fully saturated rings. The smallest absolute Gasteiger partial charge is 0.0140 e. The molecule has 1 saturated carbocycles. The summed E-state index contributed by atoms with van der Waals surface area (Å²) in [6.07, 6.45) is 8.51. The van der Waals surface area contributed by atoms with Crippen molar-refractivity contribution in [2.24, 2.45) is 11.8 Å². The van der Waals surface area contributed by atoms with Crippen molar-refractivity contribution in [1.82, 2.24) is 5.32 Å². The monoisotopic (exact) mass is 243 g/mol. The second-order valence-corrected chi connectivity index (χ2v) is 5.43. The molecular weight excluding hydrogens is 218 g/mol. The number of rotatable bonds is 5. The van der Waals surface area contributed by atoms with Crippen molar-refractivity contribution in [1.29, 1.82) is 0 Å². The zero-order valence-corrected chi connectivity index (χ0v) is 11.6. The van der Waals surface area contributed by atoms with Crippen molar-refractivity contribution in [3.63, 3.8) is 0 Å². The van der Waals surface area contributed by atoms with E-state index in [9.17, 15) is 0 Å². The highest BCUT2D eigenvalue weighted by molar-refractivity contribution is 5.48. The van der Waals surface area contributed by atoms with E-state index >= 15 is 0 Å². The lowest BCUT2D eigenvalue weighted by Gasteiger charge is -2.20. The third-order valence-electron chi connectivity index (χ3n) is 4.36. The number of hydrogen-bond acceptors (Lipinski definition) is 1. The van der Waals surface area contributed by atoms with Gasteiger partial charge in [-0.25, -0.2) is 0 Å². The molecule has 0 radical (unpaired) electrons. The fourth-order valence-corrected chi connectivity index (χ4v) is 3.09. The van der Waals surface area contributed by atoms with Crippen LogP contribution in [0.4, 0.5) is 0 Å². The van der Waals surface area contributed by atoms with E-state index in [0.29, 0.717) is 0 Å². The van der Waals surface area contributed by atoms with Gasteiger partial charge in [0.1, 0.15) is 0 Å². The zero-order valence-electron chi connectivity index (χ0n) is 11.6. The molecule has 2 rings (SSSR count). The molecule has 1 aromatic carbocycles. The molecular formula is C17H25N. The molecule has 1 aliphatic rings. The Kier molecular flexibility index (Phi) is 5.00. The van der Waals surface area contributed by atoms with Crippen LogP contribution in [0.3, 0.4) is 0 Å². The van der Waals surface area contributed by atoms with Crippen LogP contribution in [0.15, 0.2) is 36.4 Å². The van der Waals surface area contributed by atoms with Crippen LogP contribution >= 0.6 is 0 Å². The SMILES string of the molecule is CCC1CCC(NCC=Cc2ccccc2)C1C. The molecule has 1 heteroatoms. The van der Waals surface area contributed by atoms with Crippen molar-refractivity contribution in [3.8, 4) is 0 Å². The lowest BCUT2D eigenvalue weighted by Crippen LogP contribution is -2.32. The molecule has 1 aromatic rings. The zero-order chi connectivity index (χ0) is 12.8. The van der Waals surface area contributed by atoms with E-state index in [4.69, 9.17) is 0 Å². The second kappa shape index (κ2) is 6.75. The van der Waals surface area contributed by atoms with E-state index in [1.807, 2.05) is 0 Å². The van der Waals surface area contributed by atoms with Gasteiger partial charge in [-0.15, -0.1) is 0 Å². The highest BCUT2D eigenvalue weighted by Gasteiger charge is 2.30. The molecule has 0 aliphatic heterocycles. The van der Waals surface area contributed by atoms with E-state index < -0.39 is 0 Å². The molecule has 0 bridgehead atoms. The molecule has 3 unspecified atom stereocenters. The molecule has 0 heterocycles. The van der Waals surface area contributed by atoms with Crippen LogP contribution < -0.4 is 5.32 Å². The number of hydrogen-bond donors (Lipinski definition) is 1. The van der Waals surface area contributed by atoms with Gasteiger partial charge in [0, 0.05) is 12.6 Å². The Balaban J connectivity index is 1.74. The van der Waals surface area contributed by atoms with Gasteiger partial charge in [0.25, 0.3) is 0 Å². The third-order valence-corrected chi connectivity index (χ3v) is 4.36. The van der Waals surface area contributed by atoms with Crippen molar-refractivity contribution >= 4 is 6.08 Å². The largest absolute Gasteiger partial charge is 0.310 e. The predicted octanol–water partition coefficient (Wildman–Crippen LogP) is 4.11. The van der Waals surface area contributed by atoms with Crippen molar-refractivity contribution in [2.75, 3.05) is 6.54 Å². The summed E-state index contributed by atoms with van der Waals surface area (Å²) in [5, 5.41) is 3.68. The second-order valence-electron chi connectivity index (χ2n) is 5.43. The van der Waals surface area contributed by atoms with Crippen LogP contribution in [0, 0.1) is 11.8 Å². The lowest BCUT2D eigenvalue weighted by molar-refractivity contribution is 0.352. The summed E-state index contributed by atoms with van der Waals surface area (Å²) in [7, 11) is 0. The fourth-order valence-electron chi connectivity index (χ4n) is 3.09. The predicted molar refractivity (Wildman–Crippen MR) is 79.4 cm³/mol. The van der Waals surface area contributed by atoms with Crippen molar-refractivity contribution < 1.29 is 0 Å². The van der Waals surface area contributed by atoms with Gasteiger partial charge in [-0.2, -0.15) is 0 Å². The van der Waals surface area contributed by atoms with E-state index in [1.165, 1.54) is 24.8 Å². The van der Waals surface area contributed by atoms with Gasteiger partial charge < -0.3 is 5.32 Å². The summed E-state index contributed by atoms with van der Waals surface area (Å²) < 4.78 is 0. The Labute approximate surface area is 111 Å². The maximum atomic E-state index is 3.68. The van der Waals surface area contributed by atoms with Gasteiger partial charge in [0.05, 0.1) is 0 Å². The summed E-state index contributed by atoms with van der Waals surface area (Å²) >= 11 is 0. The topological polar surface area (TPSA) is 12.0 Å². The number of nitrogens with one attached hydrogen (secondary N) is 1. The minimum atomic E-state index is 0.718. The Morgan fingerprint density at radius 1 is 1.22 bits per heavy atom. The van der Waals surface area contributed by atoms with Gasteiger partial charge in [0.2, 0.25) is 0 Å². The molecule has 0 aromatic heterocycles. The molecule has 3 atom stereocenters. The molecule has 1 aliphatic carbocycles. The molecule has 1 N–H and O–H groups in total. The van der Waals surface area contributed by atoms with Crippen molar-refractivity contribution in [3.05, 3.63) is 42.0 Å². The Hall–Kier alpha value is -1.08. The van der Waals surface area contributed by atoms with Gasteiger partial charge in [-0.1, -0.05) is 62.8 Å². The minimum Gasteiger partial charge on any atom is -0.310 e. The first-order valence-corrected chi connectivity index (χ1v) is 7.26. The maximum absolute atomic E-state index is 3.68. The molecule has 0 amide bonds. The van der Waals surface area contributed by atoms with Crippen LogP contribution in [0.25, 0.3) is 6.08 Å². The minimum absolute atomic E-state index is 0.718. The van der Waals surface area contributed by atoms with Gasteiger partial charge in [0.15, 0.2) is 0 Å². The standard InChI is InChI=1S/C17H25N/c1-3-16-11-12-17(14(16)2)18-13-7-10-15-8-5-4-6-9-15/h4-10,14,16-18H,3,11-13H2,1-2H3. The average Bonchev–Trinajstić information content (AvgIpc) is 2.77. The van der Waals surface area contributed by atoms with Crippen LogP contribution in [0.2, 0.25) is 0 Å². The van der Waals surface area contributed by atoms with E-state index in [1.54, 1.807) is 0 Å². The Morgan fingerprint density at radius 3 is 2.67 bits per heavy atom. The first kappa shape index (κ1) is 13.4. The summed E-state index contributed by atoms with van der Waals surface area (Å²) in [5.74, 6) is 1.76. The summed E-state index contributed by atoms with van der Waals surface area (Å²) in [4.78, 5) is 0. The van der Waals surface area contributed by atoms with Crippen LogP contribution in [-0.2, 0) is 0 Å². The average molecular weight is 243 g/mol. The van der Waals surface area contributed by atoms with E-state index in [2.05, 4.69) is 61.6 Å². The molecule has 18 heavy (non-hydrogen) atoms. The first-order valence-electron chi connectivity index (χ1n) is 7.26. The van der Waals surface area contributed by atoms with Gasteiger partial charge in [-0.3, -0.25) is 0 Å². The highest BCUT2D eigenvalue weighted by Crippen LogP contribution is 2.33. The van der Waals surface area contributed by atoms with Crippen molar-refractivity contribution in [2.45, 2.75) is 39.2 Å². The maximum Gasteiger partial charge on any atom is 0.0140 e. The van der Waals surface area contributed by atoms with Gasteiger partial charge >= 0.3 is 0 Å². The van der Waals surface area contributed by atoms with Crippen LogP contribution in [0.1, 0.15) is 38.7 Å². The molecule has 1 nitrogen and oxygen atoms in total. The van der Waals surface area contributed by atoms with E-state index in [0.717, 1.165) is 24.4 Å². The van der Waals surface area contributed by atoms with Crippen LogP contribution in [0.5, 0.6) is 0 Å². The number of benzene rings is 1. The van der Waals surface area contributed by atoms with Crippen LogP contribution in [-0.4, -0.2) is 12.6 Å². The summed E-state index contributed by atoms with van der Waals surface area (Å²) in [5.41, 5.74) is 1.28. The summed E-state index contributed by atoms with van der Waals surface area (Å²) in [6.45, 7) is 5.71. The fraction of sp³-hybridized carbons (Fsp3) is 0.529. The quantitative estimate of drug-likeness (QED) is 0.820. The third kappa shape index (κ3) is 3.46. The molecule has 0 spiro atoms. The van der Waals surface area contributed by atoms with E-state index in [-0.39, 0.29) is 0 Å². The lowest BCUT2D eigenvalue weighted by atomic mass is 9.93. The first-order chi connectivity index (χ1) is 8.81. The van der Waals surface area contributed by atoms with Gasteiger partial charge in [-0.05, 0) is 30.2 Å². The summed E-state index contributed by atoms with van der Waals surface area (Å²) in [6, 6.07) is 11.2. The normalized spacial score (nSPS) is 28.0.